The first-order chi connectivity index (χ1) is 6.39. The van der Waals surface area contributed by atoms with Crippen molar-refractivity contribution in [3.05, 3.63) is 36.1 Å². The fourth-order valence-corrected chi connectivity index (χ4v) is 0.415. The van der Waals surface area contributed by atoms with E-state index in [0.29, 0.717) is 0 Å². The van der Waals surface area contributed by atoms with Gasteiger partial charge in [-0.1, -0.05) is 45.9 Å². The Bertz CT molecular complexity index is 151. The molecule has 0 bridgehead atoms. The van der Waals surface area contributed by atoms with Crippen molar-refractivity contribution >= 4 is 6.79 Å². The summed E-state index contributed by atoms with van der Waals surface area (Å²) in [4.78, 5) is 8.00. The van der Waals surface area contributed by atoms with E-state index < -0.39 is 0 Å². The highest BCUT2D eigenvalue weighted by Gasteiger charge is 1.77. The van der Waals surface area contributed by atoms with Crippen molar-refractivity contribution in [2.75, 3.05) is 0 Å². The largest absolute Gasteiger partial charge is 0.307 e. The summed E-state index contributed by atoms with van der Waals surface area (Å²) in [6.07, 6.45) is 0. The van der Waals surface area contributed by atoms with E-state index in [1.165, 1.54) is 12.1 Å². The molecule has 0 heterocycles. The van der Waals surface area contributed by atoms with Crippen LogP contribution in [-0.4, -0.2) is 6.79 Å². The van der Waals surface area contributed by atoms with Crippen LogP contribution in [0.4, 0.5) is 4.39 Å². The van der Waals surface area contributed by atoms with Gasteiger partial charge in [0.1, 0.15) is 12.6 Å². The van der Waals surface area contributed by atoms with Gasteiger partial charge in [-0.25, -0.2) is 4.39 Å². The number of benzene rings is 1. The molecule has 0 aliphatic rings. The fourth-order valence-electron chi connectivity index (χ4n) is 0.415. The minimum absolute atomic E-state index is 0.178. The number of carbonyl (C=O) groups excluding carboxylic acids is 1. The molecule has 0 N–H and O–H groups in total. The molecule has 2 heteroatoms. The smallest absolute Gasteiger partial charge is 0.123 e. The number of halogens is 1. The molecule has 0 saturated carbocycles. The molecule has 76 valence electrons. The van der Waals surface area contributed by atoms with Crippen molar-refractivity contribution in [3.63, 3.8) is 0 Å². The van der Waals surface area contributed by atoms with Gasteiger partial charge in [0.2, 0.25) is 0 Å². The van der Waals surface area contributed by atoms with Gasteiger partial charge in [-0.15, -0.1) is 0 Å². The Balaban J connectivity index is -0.000000144. The molecule has 0 aromatic heterocycles. The fraction of sp³-hybridized carbons (Fsp3) is 0.364. The van der Waals surface area contributed by atoms with Crippen LogP contribution in [0.3, 0.4) is 0 Å². The van der Waals surface area contributed by atoms with Crippen LogP contribution in [0.2, 0.25) is 0 Å². The highest BCUT2D eigenvalue weighted by molar-refractivity contribution is 5.11. The Morgan fingerprint density at radius 2 is 1.23 bits per heavy atom. The predicted molar refractivity (Wildman–Crippen MR) is 56.2 cm³/mol. The molecular formula is C11H19FO. The predicted octanol–water partition coefficient (Wildman–Crippen LogP) is 3.69. The normalized spacial score (nSPS) is 5.92. The van der Waals surface area contributed by atoms with Crippen LogP contribution in [0.1, 0.15) is 27.7 Å². The minimum atomic E-state index is -0.178. The van der Waals surface area contributed by atoms with Gasteiger partial charge in [0, 0.05) is 0 Å². The Labute approximate surface area is 80.6 Å². The quantitative estimate of drug-likeness (QED) is 0.604. The summed E-state index contributed by atoms with van der Waals surface area (Å²) in [5.41, 5.74) is 0. The van der Waals surface area contributed by atoms with Gasteiger partial charge in [0.15, 0.2) is 0 Å². The van der Waals surface area contributed by atoms with Gasteiger partial charge < -0.3 is 4.79 Å². The third-order valence-electron chi connectivity index (χ3n) is 0.733. The average molecular weight is 186 g/mol. The minimum Gasteiger partial charge on any atom is -0.307 e. The first-order valence-corrected chi connectivity index (χ1v) is 4.39. The van der Waals surface area contributed by atoms with Crippen molar-refractivity contribution in [1.82, 2.24) is 0 Å². The number of hydrogen-bond donors (Lipinski definition) is 0. The third-order valence-corrected chi connectivity index (χ3v) is 0.733. The Morgan fingerprint density at radius 1 is 0.923 bits per heavy atom. The van der Waals surface area contributed by atoms with Crippen LogP contribution >= 0.6 is 0 Å². The van der Waals surface area contributed by atoms with Crippen LogP contribution in [0.25, 0.3) is 0 Å². The molecule has 1 nitrogen and oxygen atoms in total. The van der Waals surface area contributed by atoms with E-state index in [4.69, 9.17) is 4.79 Å². The number of rotatable bonds is 0. The highest BCUT2D eigenvalue weighted by atomic mass is 19.1. The number of carbonyl (C=O) groups is 1. The van der Waals surface area contributed by atoms with Gasteiger partial charge in [-0.05, 0) is 12.1 Å². The molecule has 0 spiro atoms. The monoisotopic (exact) mass is 186 g/mol. The molecule has 0 atom stereocenters. The maximum absolute atomic E-state index is 11.9. The first kappa shape index (κ1) is 17.8. The summed E-state index contributed by atoms with van der Waals surface area (Å²) in [6, 6.07) is 7.94. The molecule has 1 aromatic carbocycles. The lowest BCUT2D eigenvalue weighted by Crippen LogP contribution is -1.63. The van der Waals surface area contributed by atoms with Gasteiger partial charge in [0.05, 0.1) is 0 Å². The van der Waals surface area contributed by atoms with E-state index >= 15 is 0 Å². The lowest BCUT2D eigenvalue weighted by Gasteiger charge is -1.78. The molecular weight excluding hydrogens is 167 g/mol. The topological polar surface area (TPSA) is 17.1 Å². The highest BCUT2D eigenvalue weighted by Crippen LogP contribution is 1.91. The lowest BCUT2D eigenvalue weighted by molar-refractivity contribution is -0.0979. The summed E-state index contributed by atoms with van der Waals surface area (Å²) in [7, 11) is 0. The Kier molecular flexibility index (Phi) is 30.7. The Morgan fingerprint density at radius 3 is 1.38 bits per heavy atom. The van der Waals surface area contributed by atoms with Gasteiger partial charge in [0.25, 0.3) is 0 Å². The van der Waals surface area contributed by atoms with E-state index in [1.54, 1.807) is 18.2 Å². The average Bonchev–Trinajstić information content (AvgIpc) is 2.28. The maximum atomic E-state index is 11.9. The van der Waals surface area contributed by atoms with Crippen LogP contribution in [0.5, 0.6) is 0 Å². The van der Waals surface area contributed by atoms with Crippen molar-refractivity contribution in [2.24, 2.45) is 0 Å². The van der Waals surface area contributed by atoms with Crippen LogP contribution in [0.15, 0.2) is 30.3 Å². The molecule has 0 aliphatic heterocycles. The van der Waals surface area contributed by atoms with Crippen LogP contribution < -0.4 is 0 Å². The third kappa shape index (κ3) is 18.1. The second kappa shape index (κ2) is 22.4. The van der Waals surface area contributed by atoms with E-state index in [2.05, 4.69) is 0 Å². The van der Waals surface area contributed by atoms with Crippen molar-refractivity contribution in [3.8, 4) is 0 Å². The molecule has 0 unspecified atom stereocenters. The maximum Gasteiger partial charge on any atom is 0.123 e. The summed E-state index contributed by atoms with van der Waals surface area (Å²) in [6.45, 7) is 10.0. The SMILES string of the molecule is C=O.CC.CC.Fc1ccccc1. The second-order valence-electron chi connectivity index (χ2n) is 1.30. The molecule has 0 fully saturated rings. The van der Waals surface area contributed by atoms with E-state index in [1.807, 2.05) is 34.5 Å². The van der Waals surface area contributed by atoms with Gasteiger partial charge in [-0.2, -0.15) is 0 Å². The second-order valence-corrected chi connectivity index (χ2v) is 1.30. The zero-order chi connectivity index (χ0) is 11.1. The van der Waals surface area contributed by atoms with Gasteiger partial charge in [-0.3, -0.25) is 0 Å². The summed E-state index contributed by atoms with van der Waals surface area (Å²) in [5.74, 6) is -0.178. The standard InChI is InChI=1S/C6H5F.2C2H6.CH2O/c7-6-4-2-1-3-5-6;3*1-2/h1-5H;2*1-2H3;1H2. The van der Waals surface area contributed by atoms with Crippen LogP contribution in [-0.2, 0) is 4.79 Å². The van der Waals surface area contributed by atoms with Crippen molar-refractivity contribution in [1.29, 1.82) is 0 Å². The zero-order valence-corrected chi connectivity index (χ0v) is 8.88. The van der Waals surface area contributed by atoms with Gasteiger partial charge >= 0.3 is 0 Å². The van der Waals surface area contributed by atoms with Crippen LogP contribution in [0, 0.1) is 5.82 Å². The summed E-state index contributed by atoms with van der Waals surface area (Å²) >= 11 is 0. The molecule has 0 aliphatic carbocycles. The molecule has 0 radical (unpaired) electrons. The first-order valence-electron chi connectivity index (χ1n) is 4.39. The Hall–Kier alpha value is -1.18. The van der Waals surface area contributed by atoms with E-state index in [0.717, 1.165) is 0 Å². The number of hydrogen-bond acceptors (Lipinski definition) is 1. The molecule has 0 saturated heterocycles. The van der Waals surface area contributed by atoms with Crippen molar-refractivity contribution in [2.45, 2.75) is 27.7 Å². The zero-order valence-electron chi connectivity index (χ0n) is 8.88. The molecule has 1 rings (SSSR count). The van der Waals surface area contributed by atoms with E-state index in [9.17, 15) is 4.39 Å². The van der Waals surface area contributed by atoms with E-state index in [-0.39, 0.29) is 5.82 Å². The summed E-state index contributed by atoms with van der Waals surface area (Å²) in [5, 5.41) is 0. The van der Waals surface area contributed by atoms with Crippen molar-refractivity contribution < 1.29 is 9.18 Å². The molecule has 13 heavy (non-hydrogen) atoms. The molecule has 0 amide bonds. The summed E-state index contributed by atoms with van der Waals surface area (Å²) < 4.78 is 11.9. The lowest BCUT2D eigenvalue weighted by atomic mass is 10.4. The molecule has 1 aromatic rings.